The Labute approximate surface area is 86.5 Å². The smallest absolute Gasteiger partial charge is 0.177 e. The van der Waals surface area contributed by atoms with E-state index in [1.54, 1.807) is 6.92 Å². The molecule has 0 amide bonds. The van der Waals surface area contributed by atoms with Gasteiger partial charge in [-0.25, -0.2) is 0 Å². The summed E-state index contributed by atoms with van der Waals surface area (Å²) < 4.78 is 5.67. The maximum absolute atomic E-state index is 7.43. The Morgan fingerprint density at radius 2 is 2.00 bits per heavy atom. The highest BCUT2D eigenvalue weighted by Crippen LogP contribution is 2.66. The Hall–Kier alpha value is -0.530. The van der Waals surface area contributed by atoms with E-state index in [9.17, 15) is 0 Å². The van der Waals surface area contributed by atoms with Crippen molar-refractivity contribution in [2.24, 2.45) is 16.7 Å². The van der Waals surface area contributed by atoms with Crippen LogP contribution < -0.4 is 0 Å². The molecule has 0 aromatic rings. The van der Waals surface area contributed by atoms with Crippen molar-refractivity contribution in [2.45, 2.75) is 53.1 Å². The lowest BCUT2D eigenvalue weighted by atomic mass is 9.70. The lowest BCUT2D eigenvalue weighted by molar-refractivity contribution is 0.0209. The fourth-order valence-corrected chi connectivity index (χ4v) is 3.52. The zero-order chi connectivity index (χ0) is 10.6. The standard InChI is InChI=1S/C12H21NO/c1-8(13)14-10-7-9-5-6-12(10,4)11(9,2)3/h9-10,13H,5-7H2,1-4H3. The third kappa shape index (κ3) is 1.06. The Balaban J connectivity index is 2.23. The molecule has 2 bridgehead atoms. The molecule has 0 saturated heterocycles. The van der Waals surface area contributed by atoms with E-state index in [2.05, 4.69) is 20.8 Å². The molecule has 2 heteroatoms. The van der Waals surface area contributed by atoms with Crippen LogP contribution in [0, 0.1) is 22.2 Å². The van der Waals surface area contributed by atoms with E-state index in [1.807, 2.05) is 0 Å². The topological polar surface area (TPSA) is 33.1 Å². The molecule has 0 aromatic heterocycles. The van der Waals surface area contributed by atoms with E-state index in [4.69, 9.17) is 10.1 Å². The normalized spacial score (nSPS) is 44.0. The highest BCUT2D eigenvalue weighted by molar-refractivity contribution is 5.69. The summed E-state index contributed by atoms with van der Waals surface area (Å²) >= 11 is 0. The molecule has 2 aliphatic carbocycles. The SMILES string of the molecule is CC(=N)OC1CC2CCC1(C)C2(C)C. The van der Waals surface area contributed by atoms with E-state index in [-0.39, 0.29) is 6.10 Å². The molecule has 0 aliphatic heterocycles. The molecule has 0 heterocycles. The molecule has 14 heavy (non-hydrogen) atoms. The van der Waals surface area contributed by atoms with Crippen LogP contribution in [-0.2, 0) is 4.74 Å². The minimum atomic E-state index is 0.286. The van der Waals surface area contributed by atoms with E-state index in [0.717, 1.165) is 12.3 Å². The van der Waals surface area contributed by atoms with Crippen molar-refractivity contribution < 1.29 is 4.74 Å². The van der Waals surface area contributed by atoms with Crippen LogP contribution in [0.1, 0.15) is 47.0 Å². The molecule has 1 N–H and O–H groups in total. The van der Waals surface area contributed by atoms with Crippen molar-refractivity contribution in [1.82, 2.24) is 0 Å². The van der Waals surface area contributed by atoms with E-state index < -0.39 is 0 Å². The van der Waals surface area contributed by atoms with Gasteiger partial charge in [-0.15, -0.1) is 0 Å². The highest BCUT2D eigenvalue weighted by Gasteiger charge is 2.62. The van der Waals surface area contributed by atoms with Gasteiger partial charge in [0.05, 0.1) is 0 Å². The second-order valence-corrected chi connectivity index (χ2v) is 5.77. The maximum atomic E-state index is 7.43. The van der Waals surface area contributed by atoms with Crippen LogP contribution in [0.4, 0.5) is 0 Å². The quantitative estimate of drug-likeness (QED) is 0.506. The van der Waals surface area contributed by atoms with E-state index >= 15 is 0 Å². The third-order valence-electron chi connectivity index (χ3n) is 5.03. The van der Waals surface area contributed by atoms with Gasteiger partial charge in [-0.2, -0.15) is 0 Å². The van der Waals surface area contributed by atoms with Crippen LogP contribution in [0.5, 0.6) is 0 Å². The molecular formula is C12H21NO. The molecule has 2 saturated carbocycles. The molecule has 0 radical (unpaired) electrons. The maximum Gasteiger partial charge on any atom is 0.177 e. The predicted octanol–water partition coefficient (Wildman–Crippen LogP) is 3.21. The zero-order valence-corrected chi connectivity index (χ0v) is 9.68. The van der Waals surface area contributed by atoms with Crippen LogP contribution in [0.2, 0.25) is 0 Å². The third-order valence-corrected chi connectivity index (χ3v) is 5.03. The predicted molar refractivity (Wildman–Crippen MR) is 57.5 cm³/mol. The zero-order valence-electron chi connectivity index (χ0n) is 9.68. The van der Waals surface area contributed by atoms with Gasteiger partial charge in [0.15, 0.2) is 5.90 Å². The van der Waals surface area contributed by atoms with Gasteiger partial charge in [0.2, 0.25) is 0 Å². The molecule has 2 nitrogen and oxygen atoms in total. The number of hydrogen-bond acceptors (Lipinski definition) is 2. The summed E-state index contributed by atoms with van der Waals surface area (Å²) in [4.78, 5) is 0. The van der Waals surface area contributed by atoms with Gasteiger partial charge < -0.3 is 4.74 Å². The van der Waals surface area contributed by atoms with Gasteiger partial charge in [-0.1, -0.05) is 20.8 Å². The fraction of sp³-hybridized carbons (Fsp3) is 0.917. The van der Waals surface area contributed by atoms with Crippen molar-refractivity contribution in [3.8, 4) is 0 Å². The summed E-state index contributed by atoms with van der Waals surface area (Å²) in [6.45, 7) is 8.82. The van der Waals surface area contributed by atoms with Gasteiger partial charge in [-0.05, 0) is 30.6 Å². The van der Waals surface area contributed by atoms with Gasteiger partial charge >= 0.3 is 0 Å². The molecule has 2 rings (SSSR count). The average Bonchev–Trinajstić information content (AvgIpc) is 2.35. The lowest BCUT2D eigenvalue weighted by Gasteiger charge is -2.38. The Morgan fingerprint density at radius 1 is 1.36 bits per heavy atom. The van der Waals surface area contributed by atoms with Gasteiger partial charge in [-0.3, -0.25) is 5.41 Å². The first kappa shape index (κ1) is 10.0. The Morgan fingerprint density at radius 3 is 2.36 bits per heavy atom. The first-order valence-electron chi connectivity index (χ1n) is 5.60. The average molecular weight is 195 g/mol. The number of rotatable bonds is 1. The first-order chi connectivity index (χ1) is 6.38. The molecule has 3 unspecified atom stereocenters. The van der Waals surface area contributed by atoms with Crippen LogP contribution in [0.3, 0.4) is 0 Å². The molecule has 2 aliphatic rings. The summed E-state index contributed by atoms with van der Waals surface area (Å²) in [7, 11) is 0. The highest BCUT2D eigenvalue weighted by atomic mass is 16.5. The summed E-state index contributed by atoms with van der Waals surface area (Å²) in [5.41, 5.74) is 0.688. The van der Waals surface area contributed by atoms with E-state index in [1.165, 1.54) is 12.8 Å². The van der Waals surface area contributed by atoms with Crippen molar-refractivity contribution in [3.63, 3.8) is 0 Å². The second-order valence-electron chi connectivity index (χ2n) is 5.77. The molecular weight excluding hydrogens is 174 g/mol. The van der Waals surface area contributed by atoms with Crippen molar-refractivity contribution in [1.29, 1.82) is 5.41 Å². The molecule has 0 aromatic carbocycles. The number of fused-ring (bicyclic) bond motifs is 2. The lowest BCUT2D eigenvalue weighted by Crippen LogP contribution is -2.37. The molecule has 2 fully saturated rings. The molecule has 3 atom stereocenters. The largest absolute Gasteiger partial charge is 0.478 e. The van der Waals surface area contributed by atoms with Crippen LogP contribution in [-0.4, -0.2) is 12.0 Å². The van der Waals surface area contributed by atoms with Gasteiger partial charge in [0, 0.05) is 12.3 Å². The van der Waals surface area contributed by atoms with E-state index in [0.29, 0.717) is 16.7 Å². The van der Waals surface area contributed by atoms with Crippen molar-refractivity contribution in [2.75, 3.05) is 0 Å². The van der Waals surface area contributed by atoms with Crippen LogP contribution >= 0.6 is 0 Å². The van der Waals surface area contributed by atoms with Gasteiger partial charge in [0.1, 0.15) is 6.10 Å². The first-order valence-corrected chi connectivity index (χ1v) is 5.60. The molecule has 80 valence electrons. The summed E-state index contributed by atoms with van der Waals surface area (Å²) in [6.07, 6.45) is 4.05. The minimum absolute atomic E-state index is 0.286. The van der Waals surface area contributed by atoms with Crippen molar-refractivity contribution in [3.05, 3.63) is 0 Å². The Kier molecular flexibility index (Phi) is 1.96. The minimum Gasteiger partial charge on any atom is -0.478 e. The monoisotopic (exact) mass is 195 g/mol. The summed E-state index contributed by atoms with van der Waals surface area (Å²) in [6, 6.07) is 0. The number of nitrogens with one attached hydrogen (secondary N) is 1. The number of hydrogen-bond donors (Lipinski definition) is 1. The number of ether oxygens (including phenoxy) is 1. The van der Waals surface area contributed by atoms with Crippen LogP contribution in [0.25, 0.3) is 0 Å². The summed E-state index contributed by atoms with van der Waals surface area (Å²) in [5, 5.41) is 7.43. The fourth-order valence-electron chi connectivity index (χ4n) is 3.52. The molecule has 0 spiro atoms. The van der Waals surface area contributed by atoms with Crippen molar-refractivity contribution >= 4 is 5.90 Å². The van der Waals surface area contributed by atoms with Gasteiger partial charge in [0.25, 0.3) is 0 Å². The Bertz CT molecular complexity index is 271. The summed E-state index contributed by atoms with van der Waals surface area (Å²) in [5.74, 6) is 1.18. The second kappa shape index (κ2) is 2.74. The van der Waals surface area contributed by atoms with Crippen LogP contribution in [0.15, 0.2) is 0 Å².